The summed E-state index contributed by atoms with van der Waals surface area (Å²) in [5.74, 6) is 0. The topological polar surface area (TPSA) is 11.4 Å². The number of aryl methyl sites for hydroxylation is 1. The Balaban J connectivity index is 0.943. The first-order chi connectivity index (χ1) is 28.2. The van der Waals surface area contributed by atoms with Crippen molar-refractivity contribution in [3.63, 3.8) is 0 Å². The third-order valence-electron chi connectivity index (χ3n) is 13.2. The van der Waals surface area contributed by atoms with E-state index in [9.17, 15) is 0 Å². The average Bonchev–Trinajstić information content (AvgIpc) is 3.54. The van der Waals surface area contributed by atoms with Gasteiger partial charge < -0.3 is 14.4 Å². The molecule has 0 aliphatic carbocycles. The number of aromatic nitrogens is 1. The van der Waals surface area contributed by atoms with Gasteiger partial charge in [-0.15, -0.1) is 0 Å². The van der Waals surface area contributed by atoms with Gasteiger partial charge in [-0.2, -0.15) is 0 Å². The molecule has 1 aromatic heterocycles. The summed E-state index contributed by atoms with van der Waals surface area (Å²) in [6.07, 6.45) is 0. The van der Waals surface area contributed by atoms with Crippen LogP contribution in [0.3, 0.4) is 0 Å². The van der Waals surface area contributed by atoms with Crippen LogP contribution < -0.4 is 9.80 Å². The van der Waals surface area contributed by atoms with Crippen LogP contribution in [-0.4, -0.2) is 4.57 Å². The minimum atomic E-state index is -0.0780. The number of hydrogen-bond donors (Lipinski definition) is 0. The first-order valence-corrected chi connectivity index (χ1v) is 20.4. The summed E-state index contributed by atoms with van der Waals surface area (Å²) in [6, 6.07) is 67.4. The molecule has 0 spiro atoms. The van der Waals surface area contributed by atoms with Gasteiger partial charge in [-0.1, -0.05) is 137 Å². The normalized spacial score (nSPS) is 14.8. The zero-order chi connectivity index (χ0) is 39.3. The minimum Gasteiger partial charge on any atom is -0.344 e. The predicted molar refractivity (Wildman–Crippen MR) is 245 cm³/mol. The molecule has 9 aromatic rings. The molecule has 0 amide bonds. The summed E-state index contributed by atoms with van der Waals surface area (Å²) >= 11 is 0. The lowest BCUT2D eigenvalue weighted by atomic mass is 9.73. The Morgan fingerprint density at radius 1 is 0.328 bits per heavy atom. The fourth-order valence-electron chi connectivity index (χ4n) is 10.1. The maximum atomic E-state index is 2.42. The summed E-state index contributed by atoms with van der Waals surface area (Å²) < 4.78 is 2.32. The van der Waals surface area contributed by atoms with Gasteiger partial charge in [-0.3, -0.25) is 0 Å². The second-order valence-electron chi connectivity index (χ2n) is 17.1. The number of nitrogens with zero attached hydrogens (tertiary/aromatic N) is 3. The molecule has 3 heterocycles. The summed E-state index contributed by atoms with van der Waals surface area (Å²) in [5, 5.41) is 2.53. The van der Waals surface area contributed by atoms with E-state index in [0.29, 0.717) is 0 Å². The van der Waals surface area contributed by atoms with Crippen LogP contribution in [0.1, 0.15) is 49.9 Å². The number of rotatable bonds is 4. The lowest BCUT2D eigenvalue weighted by Gasteiger charge is -2.42. The number of fused-ring (bicyclic) bond motifs is 7. The molecule has 2 aliphatic rings. The van der Waals surface area contributed by atoms with Crippen molar-refractivity contribution in [2.45, 2.75) is 38.5 Å². The molecule has 3 heteroatoms. The summed E-state index contributed by atoms with van der Waals surface area (Å²) in [5.41, 5.74) is 19.8. The monoisotopic (exact) mass is 747 g/mol. The second-order valence-corrected chi connectivity index (χ2v) is 17.1. The smallest absolute Gasteiger partial charge is 0.0502 e. The molecule has 0 N–H and O–H groups in total. The number of anilines is 6. The molecule has 0 bridgehead atoms. The van der Waals surface area contributed by atoms with E-state index in [1.54, 1.807) is 0 Å². The molecule has 0 fully saturated rings. The first kappa shape index (κ1) is 34.4. The largest absolute Gasteiger partial charge is 0.344 e. The van der Waals surface area contributed by atoms with Gasteiger partial charge in [0.05, 0.1) is 22.7 Å². The van der Waals surface area contributed by atoms with Gasteiger partial charge in [0.15, 0.2) is 0 Å². The van der Waals surface area contributed by atoms with Crippen molar-refractivity contribution >= 4 is 55.9 Å². The molecule has 58 heavy (non-hydrogen) atoms. The van der Waals surface area contributed by atoms with Gasteiger partial charge in [0, 0.05) is 51.1 Å². The lowest BCUT2D eigenvalue weighted by Crippen LogP contribution is -2.30. The van der Waals surface area contributed by atoms with Crippen LogP contribution in [0, 0.1) is 0 Å². The molecule has 11 rings (SSSR count). The van der Waals surface area contributed by atoms with Crippen molar-refractivity contribution in [2.75, 3.05) is 9.80 Å². The van der Waals surface area contributed by atoms with Gasteiger partial charge in [-0.05, 0) is 117 Å². The van der Waals surface area contributed by atoms with E-state index in [1.165, 1.54) is 100 Å². The Bertz CT molecular complexity index is 2770. The molecule has 0 saturated heterocycles. The summed E-state index contributed by atoms with van der Waals surface area (Å²) in [7, 11) is 2.18. The fraction of sp³-hybridized carbons (Fsp3) is 0.127. The van der Waals surface area contributed by atoms with Crippen molar-refractivity contribution in [2.24, 2.45) is 7.05 Å². The third-order valence-corrected chi connectivity index (χ3v) is 13.2. The Kier molecular flexibility index (Phi) is 7.46. The molecule has 0 saturated carbocycles. The zero-order valence-corrected chi connectivity index (χ0v) is 33.7. The van der Waals surface area contributed by atoms with Gasteiger partial charge >= 0.3 is 0 Å². The van der Waals surface area contributed by atoms with E-state index in [-0.39, 0.29) is 10.8 Å². The van der Waals surface area contributed by atoms with Crippen molar-refractivity contribution in [3.8, 4) is 22.3 Å². The molecule has 8 aromatic carbocycles. The highest BCUT2D eigenvalue weighted by atomic mass is 15.2. The van der Waals surface area contributed by atoms with Crippen molar-refractivity contribution in [3.05, 3.63) is 204 Å². The van der Waals surface area contributed by atoms with Crippen LogP contribution >= 0.6 is 0 Å². The zero-order valence-electron chi connectivity index (χ0n) is 33.7. The first-order valence-electron chi connectivity index (χ1n) is 20.4. The molecule has 3 nitrogen and oxygen atoms in total. The van der Waals surface area contributed by atoms with Crippen LogP contribution in [0.2, 0.25) is 0 Å². The van der Waals surface area contributed by atoms with Crippen LogP contribution in [-0.2, 0) is 17.9 Å². The highest BCUT2D eigenvalue weighted by Gasteiger charge is 2.37. The molecule has 2 aliphatic heterocycles. The average molecular weight is 748 g/mol. The number of para-hydroxylation sites is 4. The molecule has 0 atom stereocenters. The van der Waals surface area contributed by atoms with Gasteiger partial charge in [0.1, 0.15) is 0 Å². The fourth-order valence-corrected chi connectivity index (χ4v) is 10.1. The summed E-state index contributed by atoms with van der Waals surface area (Å²) in [4.78, 5) is 4.85. The second kappa shape index (κ2) is 12.6. The highest BCUT2D eigenvalue weighted by molar-refractivity contribution is 6.10. The molecular weight excluding hydrogens is 703 g/mol. The Labute approximate surface area is 341 Å². The van der Waals surface area contributed by atoms with Crippen molar-refractivity contribution in [1.29, 1.82) is 0 Å². The van der Waals surface area contributed by atoms with Crippen LogP contribution in [0.5, 0.6) is 0 Å². The van der Waals surface area contributed by atoms with Crippen LogP contribution in [0.25, 0.3) is 44.1 Å². The maximum absolute atomic E-state index is 2.42. The summed E-state index contributed by atoms with van der Waals surface area (Å²) in [6.45, 7) is 9.34. The number of hydrogen-bond acceptors (Lipinski definition) is 2. The number of benzene rings is 8. The van der Waals surface area contributed by atoms with E-state index in [4.69, 9.17) is 0 Å². The Hall–Kier alpha value is -6.84. The minimum absolute atomic E-state index is 0.0780. The quantitative estimate of drug-likeness (QED) is 0.178. The SMILES string of the molecule is Cn1c2ccc(-c3ccc(N4c5ccccc5C(C)(C)c5ccccc54)cc3)cc2c2cc(-c3ccc(N4c5ccccc5C(C)(C)c5ccccc54)cc3)ccc21. The molecule has 280 valence electrons. The molecular formula is C55H45N3. The lowest BCUT2D eigenvalue weighted by molar-refractivity contribution is 0.632. The van der Waals surface area contributed by atoms with E-state index in [0.717, 1.165) is 0 Å². The highest BCUT2D eigenvalue weighted by Crippen LogP contribution is 2.53. The van der Waals surface area contributed by atoms with Crippen LogP contribution in [0.4, 0.5) is 34.1 Å². The Morgan fingerprint density at radius 2 is 0.621 bits per heavy atom. The van der Waals surface area contributed by atoms with Gasteiger partial charge in [0.25, 0.3) is 0 Å². The maximum Gasteiger partial charge on any atom is 0.0502 e. The van der Waals surface area contributed by atoms with Crippen LogP contribution in [0.15, 0.2) is 182 Å². The van der Waals surface area contributed by atoms with E-state index < -0.39 is 0 Å². The van der Waals surface area contributed by atoms with Crippen molar-refractivity contribution < 1.29 is 0 Å². The van der Waals surface area contributed by atoms with E-state index in [1.807, 2.05) is 0 Å². The van der Waals surface area contributed by atoms with E-state index in [2.05, 4.69) is 231 Å². The Morgan fingerprint density at radius 3 is 0.948 bits per heavy atom. The molecule has 0 radical (unpaired) electrons. The predicted octanol–water partition coefficient (Wildman–Crippen LogP) is 14.9. The van der Waals surface area contributed by atoms with Gasteiger partial charge in [0.2, 0.25) is 0 Å². The third kappa shape index (κ3) is 4.99. The van der Waals surface area contributed by atoms with E-state index >= 15 is 0 Å². The standard InChI is InChI=1S/C55H45N3/c1-54(2)44-14-6-10-18-50(44)57(51-19-11-7-15-45(51)54)40-28-22-36(23-29-40)38-26-32-48-42(34-38)43-35-39(27-33-49(43)56(48)5)37-24-30-41(31-25-37)58-52-20-12-8-16-46(52)55(3,4)47-17-9-13-21-53(47)58/h6-35H,1-5H3. The van der Waals surface area contributed by atoms with Gasteiger partial charge in [-0.25, -0.2) is 0 Å². The van der Waals surface area contributed by atoms with Crippen molar-refractivity contribution in [1.82, 2.24) is 4.57 Å². The molecule has 0 unspecified atom stereocenters.